The highest BCUT2D eigenvalue weighted by Gasteiger charge is 2.32. The number of benzene rings is 2. The zero-order valence-corrected chi connectivity index (χ0v) is 20.2. The first kappa shape index (κ1) is 23.7. The predicted octanol–water partition coefficient (Wildman–Crippen LogP) is 2.49. The molecule has 10 heteroatoms. The van der Waals surface area contributed by atoms with Crippen LogP contribution in [0.3, 0.4) is 0 Å². The van der Waals surface area contributed by atoms with Crippen molar-refractivity contribution in [3.8, 4) is 17.2 Å². The number of hydrogen-bond donors (Lipinski definition) is 2. The van der Waals surface area contributed by atoms with Gasteiger partial charge in [-0.05, 0) is 30.7 Å². The molecule has 1 atom stereocenters. The standard InChI is InChI=1S/C26H28N4O6/c1-29-24-17(23(28-29)18-7-9-22(32)27-25(18)33)4-3-5-21(24)36-16-10-12-30(13-11-16)26(34)15-6-8-20(35-2)19(31)14-15/h3-6,8,14,16,18,31H,7,9-13H2,1-2H3,(H,27,32,33). The highest BCUT2D eigenvalue weighted by atomic mass is 16.5. The van der Waals surface area contributed by atoms with E-state index in [4.69, 9.17) is 9.47 Å². The number of aromatic hydroxyl groups is 1. The lowest BCUT2D eigenvalue weighted by molar-refractivity contribution is -0.134. The molecule has 3 amide bonds. The summed E-state index contributed by atoms with van der Waals surface area (Å²) in [6, 6.07) is 10.3. The zero-order chi connectivity index (χ0) is 25.4. The second-order valence-corrected chi connectivity index (χ2v) is 9.16. The summed E-state index contributed by atoms with van der Waals surface area (Å²) in [5, 5.41) is 17.9. The molecule has 0 aliphatic carbocycles. The van der Waals surface area contributed by atoms with Crippen LogP contribution >= 0.6 is 0 Å². The Hall–Kier alpha value is -4.08. The monoisotopic (exact) mass is 492 g/mol. The van der Waals surface area contributed by atoms with E-state index in [2.05, 4.69) is 10.4 Å². The van der Waals surface area contributed by atoms with Crippen molar-refractivity contribution in [1.29, 1.82) is 0 Å². The van der Waals surface area contributed by atoms with E-state index in [9.17, 15) is 19.5 Å². The number of aryl methyl sites for hydroxylation is 1. The number of amides is 3. The van der Waals surface area contributed by atoms with Crippen LogP contribution in [0.25, 0.3) is 10.9 Å². The van der Waals surface area contributed by atoms with Crippen molar-refractivity contribution in [2.45, 2.75) is 37.7 Å². The van der Waals surface area contributed by atoms with Crippen molar-refractivity contribution in [2.24, 2.45) is 7.05 Å². The molecule has 10 nitrogen and oxygen atoms in total. The predicted molar refractivity (Wildman–Crippen MR) is 130 cm³/mol. The number of imide groups is 1. The number of hydrogen-bond acceptors (Lipinski definition) is 7. The quantitative estimate of drug-likeness (QED) is 0.525. The van der Waals surface area contributed by atoms with E-state index < -0.39 is 5.92 Å². The number of ether oxygens (including phenoxy) is 2. The van der Waals surface area contributed by atoms with Gasteiger partial charge in [0, 0.05) is 50.3 Å². The molecule has 1 unspecified atom stereocenters. The molecule has 0 saturated carbocycles. The van der Waals surface area contributed by atoms with Gasteiger partial charge in [0.1, 0.15) is 17.4 Å². The van der Waals surface area contributed by atoms with E-state index in [1.54, 1.807) is 21.7 Å². The average molecular weight is 493 g/mol. The Morgan fingerprint density at radius 3 is 2.58 bits per heavy atom. The molecule has 2 N–H and O–H groups in total. The molecule has 2 fully saturated rings. The highest BCUT2D eigenvalue weighted by molar-refractivity contribution is 6.03. The van der Waals surface area contributed by atoms with Gasteiger partial charge in [0.15, 0.2) is 11.5 Å². The fraction of sp³-hybridized carbons (Fsp3) is 0.385. The number of phenolic OH excluding ortho intramolecular Hbond substituents is 1. The van der Waals surface area contributed by atoms with Gasteiger partial charge in [-0.15, -0.1) is 0 Å². The molecule has 0 spiro atoms. The summed E-state index contributed by atoms with van der Waals surface area (Å²) in [5.74, 6) is -0.270. The van der Waals surface area contributed by atoms with E-state index in [1.807, 2.05) is 25.2 Å². The minimum absolute atomic E-state index is 0.0671. The fourth-order valence-electron chi connectivity index (χ4n) is 5.00. The fourth-order valence-corrected chi connectivity index (χ4v) is 5.00. The van der Waals surface area contributed by atoms with Crippen molar-refractivity contribution in [3.05, 3.63) is 47.7 Å². The maximum absolute atomic E-state index is 12.9. The van der Waals surface area contributed by atoms with E-state index in [0.717, 1.165) is 10.9 Å². The van der Waals surface area contributed by atoms with Crippen LogP contribution in [-0.2, 0) is 16.6 Å². The summed E-state index contributed by atoms with van der Waals surface area (Å²) in [7, 11) is 3.28. The second-order valence-electron chi connectivity index (χ2n) is 9.16. The Labute approximate surface area is 207 Å². The molecule has 2 saturated heterocycles. The second kappa shape index (κ2) is 9.52. The number of likely N-dealkylation sites (tertiary alicyclic amines) is 1. The average Bonchev–Trinajstić information content (AvgIpc) is 3.21. The van der Waals surface area contributed by atoms with Crippen LogP contribution < -0.4 is 14.8 Å². The largest absolute Gasteiger partial charge is 0.504 e. The smallest absolute Gasteiger partial charge is 0.253 e. The first-order chi connectivity index (χ1) is 17.4. The molecule has 0 radical (unpaired) electrons. The van der Waals surface area contributed by atoms with Gasteiger partial charge in [0.25, 0.3) is 5.91 Å². The minimum atomic E-state index is -0.478. The first-order valence-electron chi connectivity index (χ1n) is 12.0. The number of aromatic nitrogens is 2. The van der Waals surface area contributed by atoms with Gasteiger partial charge in [-0.1, -0.05) is 12.1 Å². The topological polar surface area (TPSA) is 123 Å². The molecule has 5 rings (SSSR count). The number of carbonyl (C=O) groups is 3. The highest BCUT2D eigenvalue weighted by Crippen LogP contribution is 2.35. The van der Waals surface area contributed by atoms with E-state index in [0.29, 0.717) is 55.1 Å². The molecule has 3 aromatic rings. The Morgan fingerprint density at radius 2 is 1.89 bits per heavy atom. The van der Waals surface area contributed by atoms with Crippen molar-refractivity contribution in [1.82, 2.24) is 20.0 Å². The molecule has 1 aromatic heterocycles. The van der Waals surface area contributed by atoms with Gasteiger partial charge in [0.05, 0.1) is 18.7 Å². The lowest BCUT2D eigenvalue weighted by Gasteiger charge is -2.32. The molecular weight excluding hydrogens is 464 g/mol. The van der Waals surface area contributed by atoms with Gasteiger partial charge in [-0.25, -0.2) is 0 Å². The van der Waals surface area contributed by atoms with Gasteiger partial charge in [-0.2, -0.15) is 5.10 Å². The maximum Gasteiger partial charge on any atom is 0.253 e. The van der Waals surface area contributed by atoms with Crippen molar-refractivity contribution < 1.29 is 29.0 Å². The number of carbonyl (C=O) groups excluding carboxylic acids is 3. The summed E-state index contributed by atoms with van der Waals surface area (Å²) >= 11 is 0. The minimum Gasteiger partial charge on any atom is -0.504 e. The Kier molecular flexibility index (Phi) is 6.26. The van der Waals surface area contributed by atoms with Crippen LogP contribution in [0.4, 0.5) is 0 Å². The van der Waals surface area contributed by atoms with E-state index in [-0.39, 0.29) is 36.0 Å². The summed E-state index contributed by atoms with van der Waals surface area (Å²) in [5.41, 5.74) is 1.85. The van der Waals surface area contributed by atoms with Crippen LogP contribution in [0.1, 0.15) is 47.7 Å². The zero-order valence-electron chi connectivity index (χ0n) is 20.2. The van der Waals surface area contributed by atoms with Crippen LogP contribution in [0, 0.1) is 0 Å². The third kappa shape index (κ3) is 4.34. The number of rotatable bonds is 5. The molecule has 2 aliphatic heterocycles. The summed E-state index contributed by atoms with van der Waals surface area (Å²) < 4.78 is 13.1. The lowest BCUT2D eigenvalue weighted by Crippen LogP contribution is -2.41. The van der Waals surface area contributed by atoms with Gasteiger partial charge >= 0.3 is 0 Å². The number of para-hydroxylation sites is 1. The van der Waals surface area contributed by atoms with Gasteiger partial charge in [0.2, 0.25) is 11.8 Å². The van der Waals surface area contributed by atoms with Gasteiger partial charge in [-0.3, -0.25) is 24.4 Å². The molecule has 3 heterocycles. The van der Waals surface area contributed by atoms with Crippen molar-refractivity contribution in [3.63, 3.8) is 0 Å². The summed E-state index contributed by atoms with van der Waals surface area (Å²) in [6.07, 6.45) is 1.95. The van der Waals surface area contributed by atoms with Crippen LogP contribution in [0.5, 0.6) is 17.2 Å². The Balaban J connectivity index is 1.28. The number of nitrogens with zero attached hydrogens (tertiary/aromatic N) is 3. The SMILES string of the molecule is COc1ccc(C(=O)N2CCC(Oc3cccc4c(C5CCC(=O)NC5=O)nn(C)c34)CC2)cc1O. The first-order valence-corrected chi connectivity index (χ1v) is 12.0. The summed E-state index contributed by atoms with van der Waals surface area (Å²) in [6.45, 7) is 1.05. The van der Waals surface area contributed by atoms with Crippen LogP contribution in [0.15, 0.2) is 36.4 Å². The maximum atomic E-state index is 12.9. The van der Waals surface area contributed by atoms with Crippen molar-refractivity contribution in [2.75, 3.05) is 20.2 Å². The molecule has 0 bridgehead atoms. The number of nitrogens with one attached hydrogen (secondary N) is 1. The Bertz CT molecular complexity index is 1340. The van der Waals surface area contributed by atoms with Crippen LogP contribution in [-0.4, -0.2) is 63.8 Å². The van der Waals surface area contributed by atoms with E-state index >= 15 is 0 Å². The van der Waals surface area contributed by atoms with Gasteiger partial charge < -0.3 is 19.5 Å². The molecule has 2 aromatic carbocycles. The van der Waals surface area contributed by atoms with E-state index in [1.165, 1.54) is 13.2 Å². The third-order valence-electron chi connectivity index (χ3n) is 6.87. The normalized spacial score (nSPS) is 18.8. The third-order valence-corrected chi connectivity index (χ3v) is 6.87. The summed E-state index contributed by atoms with van der Waals surface area (Å²) in [4.78, 5) is 38.7. The number of fused-ring (bicyclic) bond motifs is 1. The molecule has 36 heavy (non-hydrogen) atoms. The number of piperidine rings is 2. The molecule has 2 aliphatic rings. The number of methoxy groups -OCH3 is 1. The lowest BCUT2D eigenvalue weighted by atomic mass is 9.93. The van der Waals surface area contributed by atoms with Crippen molar-refractivity contribution >= 4 is 28.6 Å². The molecular formula is C26H28N4O6. The Morgan fingerprint density at radius 1 is 1.11 bits per heavy atom. The van der Waals surface area contributed by atoms with Crippen LogP contribution in [0.2, 0.25) is 0 Å². The molecule has 188 valence electrons. The number of phenols is 1.